The number of anilines is 1. The van der Waals surface area contributed by atoms with Gasteiger partial charge in [-0.25, -0.2) is 9.67 Å². The van der Waals surface area contributed by atoms with Crippen LogP contribution in [0.2, 0.25) is 5.02 Å². The van der Waals surface area contributed by atoms with Crippen LogP contribution in [0, 0.1) is 0 Å². The lowest BCUT2D eigenvalue weighted by Gasteiger charge is -2.18. The van der Waals surface area contributed by atoms with Gasteiger partial charge in [-0.1, -0.05) is 37.4 Å². The Morgan fingerprint density at radius 1 is 1.42 bits per heavy atom. The first-order chi connectivity index (χ1) is 9.22. The molecule has 0 saturated carbocycles. The predicted octanol–water partition coefficient (Wildman–Crippen LogP) is 3.91. The molecule has 0 radical (unpaired) electrons. The van der Waals surface area contributed by atoms with Crippen molar-refractivity contribution in [2.45, 2.75) is 39.2 Å². The van der Waals surface area contributed by atoms with E-state index in [2.05, 4.69) is 29.2 Å². The second-order valence-corrected chi connectivity index (χ2v) is 5.07. The summed E-state index contributed by atoms with van der Waals surface area (Å²) in [6.45, 7) is 4.38. The van der Waals surface area contributed by atoms with Crippen molar-refractivity contribution in [3.05, 3.63) is 35.9 Å². The molecule has 1 atom stereocenters. The fourth-order valence-corrected chi connectivity index (χ4v) is 2.30. The number of nitrogens with one attached hydrogen (secondary N) is 1. The van der Waals surface area contributed by atoms with Crippen LogP contribution < -0.4 is 5.32 Å². The molecule has 2 aromatic rings. The summed E-state index contributed by atoms with van der Waals surface area (Å²) < 4.78 is 1.69. The Morgan fingerprint density at radius 3 is 2.95 bits per heavy atom. The summed E-state index contributed by atoms with van der Waals surface area (Å²) >= 11 is 6.28. The van der Waals surface area contributed by atoms with Gasteiger partial charge in [-0.3, -0.25) is 0 Å². The summed E-state index contributed by atoms with van der Waals surface area (Å²) in [5, 5.41) is 8.32. The van der Waals surface area contributed by atoms with Crippen molar-refractivity contribution in [1.29, 1.82) is 0 Å². The third-order valence-electron chi connectivity index (χ3n) is 3.03. The van der Waals surface area contributed by atoms with E-state index in [1.54, 1.807) is 11.0 Å². The lowest BCUT2D eigenvalue weighted by Crippen LogP contribution is -2.16. The average molecular weight is 279 g/mol. The monoisotopic (exact) mass is 278 g/mol. The summed E-state index contributed by atoms with van der Waals surface area (Å²) in [4.78, 5) is 3.97. The maximum Gasteiger partial charge on any atom is 0.138 e. The number of hydrogen-bond donors (Lipinski definition) is 1. The lowest BCUT2D eigenvalue weighted by molar-refractivity contribution is 0.644. The minimum atomic E-state index is 0.403. The highest BCUT2D eigenvalue weighted by atomic mass is 35.5. The molecule has 1 aromatic heterocycles. The zero-order valence-corrected chi connectivity index (χ0v) is 12.1. The summed E-state index contributed by atoms with van der Waals surface area (Å²) in [6, 6.07) is 6.23. The van der Waals surface area contributed by atoms with Gasteiger partial charge in [0.05, 0.1) is 10.7 Å². The van der Waals surface area contributed by atoms with Crippen LogP contribution in [0.15, 0.2) is 30.9 Å². The fourth-order valence-electron chi connectivity index (χ4n) is 2.04. The molecule has 0 aliphatic rings. The van der Waals surface area contributed by atoms with Gasteiger partial charge in [-0.2, -0.15) is 5.10 Å². The van der Waals surface area contributed by atoms with Crippen molar-refractivity contribution in [2.75, 3.05) is 5.32 Å². The number of unbranched alkanes of at least 4 members (excludes halogenated alkanes) is 1. The Morgan fingerprint density at radius 2 is 2.26 bits per heavy atom. The average Bonchev–Trinajstić information content (AvgIpc) is 2.90. The van der Waals surface area contributed by atoms with Gasteiger partial charge in [-0.05, 0) is 25.5 Å². The van der Waals surface area contributed by atoms with E-state index in [0.29, 0.717) is 11.1 Å². The van der Waals surface area contributed by atoms with Crippen LogP contribution in [-0.4, -0.2) is 20.8 Å². The Hall–Kier alpha value is -1.55. The van der Waals surface area contributed by atoms with Crippen LogP contribution in [-0.2, 0) is 0 Å². The lowest BCUT2D eigenvalue weighted by atomic mass is 10.1. The van der Waals surface area contributed by atoms with Gasteiger partial charge >= 0.3 is 0 Å². The number of para-hydroxylation sites is 1. The molecular formula is C14H19ClN4. The standard InChI is InChI=1S/C14H19ClN4/c1-3-4-6-11(2)18-13-8-5-7-12(15)14(13)19-10-16-9-17-19/h5,7-11,18H,3-4,6H2,1-2H3. The molecule has 0 bridgehead atoms. The molecule has 1 aromatic carbocycles. The van der Waals surface area contributed by atoms with E-state index in [1.165, 1.54) is 19.2 Å². The van der Waals surface area contributed by atoms with Crippen LogP contribution in [0.1, 0.15) is 33.1 Å². The van der Waals surface area contributed by atoms with E-state index in [9.17, 15) is 0 Å². The van der Waals surface area contributed by atoms with E-state index in [1.807, 2.05) is 18.2 Å². The SMILES string of the molecule is CCCCC(C)Nc1cccc(Cl)c1-n1cncn1. The summed E-state index contributed by atoms with van der Waals surface area (Å²) in [6.07, 6.45) is 6.72. The van der Waals surface area contributed by atoms with Gasteiger partial charge in [0.15, 0.2) is 0 Å². The van der Waals surface area contributed by atoms with Gasteiger partial charge in [0.1, 0.15) is 18.3 Å². The first kappa shape index (κ1) is 13.9. The van der Waals surface area contributed by atoms with Crippen molar-refractivity contribution >= 4 is 17.3 Å². The summed E-state index contributed by atoms with van der Waals surface area (Å²) in [7, 11) is 0. The van der Waals surface area contributed by atoms with E-state index >= 15 is 0 Å². The molecule has 0 fully saturated rings. The Bertz CT molecular complexity index is 510. The maximum absolute atomic E-state index is 6.28. The molecule has 19 heavy (non-hydrogen) atoms. The highest BCUT2D eigenvalue weighted by Gasteiger charge is 2.11. The number of benzene rings is 1. The molecule has 0 spiro atoms. The smallest absolute Gasteiger partial charge is 0.138 e. The summed E-state index contributed by atoms with van der Waals surface area (Å²) in [5.41, 5.74) is 1.84. The third kappa shape index (κ3) is 3.47. The second-order valence-electron chi connectivity index (χ2n) is 4.66. The molecular weight excluding hydrogens is 260 g/mol. The van der Waals surface area contributed by atoms with Crippen LogP contribution in [0.25, 0.3) is 5.69 Å². The van der Waals surface area contributed by atoms with E-state index < -0.39 is 0 Å². The van der Waals surface area contributed by atoms with Gasteiger partial charge in [0.2, 0.25) is 0 Å². The summed E-state index contributed by atoms with van der Waals surface area (Å²) in [5.74, 6) is 0. The molecule has 1 N–H and O–H groups in total. The maximum atomic E-state index is 6.28. The first-order valence-corrected chi connectivity index (χ1v) is 7.00. The Balaban J connectivity index is 2.23. The molecule has 2 rings (SSSR count). The molecule has 0 aliphatic carbocycles. The number of rotatable bonds is 6. The number of aromatic nitrogens is 3. The molecule has 1 unspecified atom stereocenters. The number of nitrogens with zero attached hydrogens (tertiary/aromatic N) is 3. The van der Waals surface area contributed by atoms with E-state index in [4.69, 9.17) is 11.6 Å². The zero-order chi connectivity index (χ0) is 13.7. The number of halogens is 1. The molecule has 0 amide bonds. The molecule has 102 valence electrons. The molecule has 1 heterocycles. The van der Waals surface area contributed by atoms with Crippen molar-refractivity contribution in [2.24, 2.45) is 0 Å². The van der Waals surface area contributed by atoms with Gasteiger partial charge in [0.25, 0.3) is 0 Å². The molecule has 5 heteroatoms. The van der Waals surface area contributed by atoms with E-state index in [0.717, 1.165) is 17.8 Å². The van der Waals surface area contributed by atoms with Crippen LogP contribution in [0.3, 0.4) is 0 Å². The highest BCUT2D eigenvalue weighted by molar-refractivity contribution is 6.33. The second kappa shape index (κ2) is 6.57. The minimum Gasteiger partial charge on any atom is -0.381 e. The van der Waals surface area contributed by atoms with Gasteiger partial charge in [-0.15, -0.1) is 0 Å². The largest absolute Gasteiger partial charge is 0.381 e. The van der Waals surface area contributed by atoms with Crippen LogP contribution >= 0.6 is 11.6 Å². The third-order valence-corrected chi connectivity index (χ3v) is 3.33. The minimum absolute atomic E-state index is 0.403. The normalized spacial score (nSPS) is 12.4. The Labute approximate surface area is 118 Å². The van der Waals surface area contributed by atoms with Crippen molar-refractivity contribution < 1.29 is 0 Å². The van der Waals surface area contributed by atoms with Gasteiger partial charge in [0, 0.05) is 6.04 Å². The van der Waals surface area contributed by atoms with Crippen molar-refractivity contribution in [3.8, 4) is 5.69 Å². The zero-order valence-electron chi connectivity index (χ0n) is 11.3. The highest BCUT2D eigenvalue weighted by Crippen LogP contribution is 2.28. The fraction of sp³-hybridized carbons (Fsp3) is 0.429. The quantitative estimate of drug-likeness (QED) is 0.871. The predicted molar refractivity (Wildman–Crippen MR) is 79.0 cm³/mol. The first-order valence-electron chi connectivity index (χ1n) is 6.62. The molecule has 4 nitrogen and oxygen atoms in total. The topological polar surface area (TPSA) is 42.7 Å². The van der Waals surface area contributed by atoms with Crippen molar-refractivity contribution in [1.82, 2.24) is 14.8 Å². The van der Waals surface area contributed by atoms with Crippen molar-refractivity contribution in [3.63, 3.8) is 0 Å². The molecule has 0 saturated heterocycles. The Kier molecular flexibility index (Phi) is 4.80. The van der Waals surface area contributed by atoms with Gasteiger partial charge < -0.3 is 5.32 Å². The van der Waals surface area contributed by atoms with Crippen LogP contribution in [0.4, 0.5) is 5.69 Å². The number of hydrogen-bond acceptors (Lipinski definition) is 3. The van der Waals surface area contributed by atoms with E-state index in [-0.39, 0.29) is 0 Å². The molecule has 0 aliphatic heterocycles. The van der Waals surface area contributed by atoms with Crippen LogP contribution in [0.5, 0.6) is 0 Å².